The van der Waals surface area contributed by atoms with Crippen molar-refractivity contribution in [3.63, 3.8) is 0 Å². The van der Waals surface area contributed by atoms with Crippen LogP contribution in [0.25, 0.3) is 11.1 Å². The van der Waals surface area contributed by atoms with Gasteiger partial charge in [-0.2, -0.15) is 10.5 Å². The lowest BCUT2D eigenvalue weighted by Gasteiger charge is -2.03. The number of hydrogen-bond donors (Lipinski definition) is 0. The fraction of sp³-hybridized carbons (Fsp3) is 0. The van der Waals surface area contributed by atoms with Gasteiger partial charge < -0.3 is 0 Å². The summed E-state index contributed by atoms with van der Waals surface area (Å²) in [5.41, 5.74) is 2.65. The molecule has 0 aliphatic rings. The fourth-order valence-electron chi connectivity index (χ4n) is 1.43. The zero-order chi connectivity index (χ0) is 11.4. The van der Waals surface area contributed by atoms with E-state index < -0.39 is 0 Å². The minimum Gasteiger partial charge on any atom is -0.255 e. The number of aromatic nitrogens is 1. The quantitative estimate of drug-likeness (QED) is 0.716. The van der Waals surface area contributed by atoms with Crippen LogP contribution in [0.15, 0.2) is 36.5 Å². The predicted octanol–water partition coefficient (Wildman–Crippen LogP) is 2.29. The van der Waals surface area contributed by atoms with Crippen molar-refractivity contribution >= 4 is 0 Å². The molecule has 2 rings (SSSR count). The van der Waals surface area contributed by atoms with Crippen molar-refractivity contribution in [3.8, 4) is 23.3 Å². The molecule has 0 saturated carbocycles. The van der Waals surface area contributed by atoms with Gasteiger partial charge in [-0.3, -0.25) is 4.98 Å². The predicted molar refractivity (Wildman–Crippen MR) is 57.9 cm³/mol. The maximum absolute atomic E-state index is 8.98. The maximum atomic E-state index is 8.98. The number of pyridine rings is 1. The van der Waals surface area contributed by atoms with E-state index in [0.717, 1.165) is 11.1 Å². The Labute approximate surface area is 93.2 Å². The number of hydrogen-bond acceptors (Lipinski definition) is 3. The first kappa shape index (κ1) is 9.89. The SMILES string of the molecule is N#Cc1ccc(C#N)c(-c2c[c]ncc2)c1. The van der Waals surface area contributed by atoms with Gasteiger partial charge in [0.1, 0.15) is 0 Å². The number of nitriles is 2. The van der Waals surface area contributed by atoms with Crippen molar-refractivity contribution in [2.24, 2.45) is 0 Å². The van der Waals surface area contributed by atoms with Crippen LogP contribution in [0.2, 0.25) is 0 Å². The second kappa shape index (κ2) is 4.25. The molecule has 1 radical (unpaired) electrons. The van der Waals surface area contributed by atoms with Crippen molar-refractivity contribution in [2.45, 2.75) is 0 Å². The molecule has 1 heterocycles. The van der Waals surface area contributed by atoms with Crippen molar-refractivity contribution in [2.75, 3.05) is 0 Å². The van der Waals surface area contributed by atoms with Crippen LogP contribution in [0.3, 0.4) is 0 Å². The van der Waals surface area contributed by atoms with Gasteiger partial charge >= 0.3 is 0 Å². The molecule has 0 fully saturated rings. The highest BCUT2D eigenvalue weighted by Gasteiger charge is 2.05. The second-order valence-corrected chi connectivity index (χ2v) is 3.16. The molecule has 16 heavy (non-hydrogen) atoms. The summed E-state index contributed by atoms with van der Waals surface area (Å²) in [7, 11) is 0. The number of benzene rings is 1. The molecular weight excluding hydrogens is 198 g/mol. The van der Waals surface area contributed by atoms with Crippen LogP contribution in [-0.2, 0) is 0 Å². The maximum Gasteiger partial charge on any atom is 0.0998 e. The van der Waals surface area contributed by atoms with Crippen LogP contribution in [0.5, 0.6) is 0 Å². The van der Waals surface area contributed by atoms with E-state index in [1.54, 1.807) is 36.5 Å². The summed E-state index contributed by atoms with van der Waals surface area (Å²) in [6.07, 6.45) is 4.31. The van der Waals surface area contributed by atoms with E-state index >= 15 is 0 Å². The average Bonchev–Trinajstić information content (AvgIpc) is 2.39. The lowest BCUT2D eigenvalue weighted by atomic mass is 9.99. The van der Waals surface area contributed by atoms with E-state index in [4.69, 9.17) is 10.5 Å². The molecule has 0 atom stereocenters. The third kappa shape index (κ3) is 1.75. The van der Waals surface area contributed by atoms with Gasteiger partial charge in [-0.15, -0.1) is 0 Å². The van der Waals surface area contributed by atoms with Crippen molar-refractivity contribution in [3.05, 3.63) is 53.9 Å². The van der Waals surface area contributed by atoms with Crippen molar-refractivity contribution < 1.29 is 0 Å². The van der Waals surface area contributed by atoms with Crippen LogP contribution < -0.4 is 0 Å². The van der Waals surface area contributed by atoms with Gasteiger partial charge in [0, 0.05) is 11.8 Å². The van der Waals surface area contributed by atoms with Gasteiger partial charge in [-0.1, -0.05) is 0 Å². The van der Waals surface area contributed by atoms with Crippen molar-refractivity contribution in [1.29, 1.82) is 10.5 Å². The van der Waals surface area contributed by atoms with Crippen LogP contribution >= 0.6 is 0 Å². The standard InChI is InChI=1S/C13H6N3/c14-8-10-1-2-12(9-15)13(7-10)11-3-5-16-6-4-11/h1-5,7H. The minimum absolute atomic E-state index is 0.533. The Morgan fingerprint density at radius 1 is 1.12 bits per heavy atom. The lowest BCUT2D eigenvalue weighted by Crippen LogP contribution is -1.86. The van der Waals surface area contributed by atoms with Gasteiger partial charge in [-0.05, 0) is 35.9 Å². The fourth-order valence-corrected chi connectivity index (χ4v) is 1.43. The van der Waals surface area contributed by atoms with Crippen LogP contribution in [0, 0.1) is 28.9 Å². The molecular formula is C13H6N3. The molecule has 3 heteroatoms. The first-order valence-corrected chi connectivity index (χ1v) is 4.62. The molecule has 1 aromatic carbocycles. The molecule has 2 aromatic rings. The highest BCUT2D eigenvalue weighted by molar-refractivity contribution is 5.71. The molecule has 0 amide bonds. The topological polar surface area (TPSA) is 60.5 Å². The van der Waals surface area contributed by atoms with Gasteiger partial charge in [-0.25, -0.2) is 0 Å². The summed E-state index contributed by atoms with van der Waals surface area (Å²) in [5, 5.41) is 17.8. The Balaban J connectivity index is 2.65. The van der Waals surface area contributed by atoms with E-state index in [1.807, 2.05) is 0 Å². The number of rotatable bonds is 1. The summed E-state index contributed by atoms with van der Waals surface area (Å²) >= 11 is 0. The van der Waals surface area contributed by atoms with E-state index in [9.17, 15) is 0 Å². The third-order valence-corrected chi connectivity index (χ3v) is 2.20. The summed E-state index contributed by atoms with van der Waals surface area (Å²) in [5.74, 6) is 0. The normalized spacial score (nSPS) is 9.12. The van der Waals surface area contributed by atoms with E-state index in [2.05, 4.69) is 23.3 Å². The third-order valence-electron chi connectivity index (χ3n) is 2.20. The first-order chi connectivity index (χ1) is 7.85. The molecule has 1 aromatic heterocycles. The first-order valence-electron chi connectivity index (χ1n) is 4.62. The summed E-state index contributed by atoms with van der Waals surface area (Å²) in [6, 6.07) is 12.6. The van der Waals surface area contributed by atoms with E-state index in [1.165, 1.54) is 0 Å². The smallest absolute Gasteiger partial charge is 0.0998 e. The van der Waals surface area contributed by atoms with Crippen LogP contribution in [-0.4, -0.2) is 4.98 Å². The largest absolute Gasteiger partial charge is 0.255 e. The Hall–Kier alpha value is -2.65. The van der Waals surface area contributed by atoms with Crippen LogP contribution in [0.4, 0.5) is 0 Å². The van der Waals surface area contributed by atoms with Gasteiger partial charge in [0.2, 0.25) is 0 Å². The zero-order valence-corrected chi connectivity index (χ0v) is 8.31. The molecule has 0 bridgehead atoms. The average molecular weight is 204 g/mol. The second-order valence-electron chi connectivity index (χ2n) is 3.16. The summed E-state index contributed by atoms with van der Waals surface area (Å²) in [6.45, 7) is 0. The monoisotopic (exact) mass is 204 g/mol. The Kier molecular flexibility index (Phi) is 2.63. The molecule has 0 spiro atoms. The molecule has 0 aliphatic carbocycles. The van der Waals surface area contributed by atoms with Crippen LogP contribution in [0.1, 0.15) is 11.1 Å². The van der Waals surface area contributed by atoms with Gasteiger partial charge in [0.05, 0.1) is 29.5 Å². The minimum atomic E-state index is 0.533. The zero-order valence-electron chi connectivity index (χ0n) is 8.31. The highest BCUT2D eigenvalue weighted by atomic mass is 14.6. The van der Waals surface area contributed by atoms with Gasteiger partial charge in [0.25, 0.3) is 0 Å². The lowest BCUT2D eigenvalue weighted by molar-refractivity contribution is 1.31. The Morgan fingerprint density at radius 3 is 2.62 bits per heavy atom. The molecule has 0 aliphatic heterocycles. The molecule has 73 valence electrons. The van der Waals surface area contributed by atoms with E-state index in [-0.39, 0.29) is 0 Å². The Bertz CT molecular complexity index is 589. The van der Waals surface area contributed by atoms with Gasteiger partial charge in [0.15, 0.2) is 0 Å². The molecule has 0 unspecified atom stereocenters. The summed E-state index contributed by atoms with van der Waals surface area (Å²) < 4.78 is 0. The molecule has 0 N–H and O–H groups in total. The molecule has 3 nitrogen and oxygen atoms in total. The summed E-state index contributed by atoms with van der Waals surface area (Å²) in [4.78, 5) is 3.80. The Morgan fingerprint density at radius 2 is 2.00 bits per heavy atom. The highest BCUT2D eigenvalue weighted by Crippen LogP contribution is 2.23. The number of nitrogens with zero attached hydrogens (tertiary/aromatic N) is 3. The van der Waals surface area contributed by atoms with Crippen molar-refractivity contribution in [1.82, 2.24) is 4.98 Å². The van der Waals surface area contributed by atoms with E-state index in [0.29, 0.717) is 11.1 Å². The molecule has 0 saturated heterocycles.